The lowest BCUT2D eigenvalue weighted by molar-refractivity contribution is 0.396. The van der Waals surface area contributed by atoms with Crippen LogP contribution in [-0.4, -0.2) is 41.1 Å². The van der Waals surface area contributed by atoms with Gasteiger partial charge in [-0.3, -0.25) is 4.68 Å². The molecule has 0 unspecified atom stereocenters. The van der Waals surface area contributed by atoms with Crippen LogP contribution in [0.5, 0.6) is 0 Å². The van der Waals surface area contributed by atoms with Gasteiger partial charge in [0.2, 0.25) is 10.0 Å². The monoisotopic (exact) mass is 335 g/mol. The Bertz CT molecular complexity index is 815. The summed E-state index contributed by atoms with van der Waals surface area (Å²) in [7, 11) is -0.0247. The van der Waals surface area contributed by atoms with Crippen LogP contribution in [0.3, 0.4) is 0 Å². The number of hydrogen-bond donors (Lipinski definition) is 1. The predicted octanol–water partition coefficient (Wildman–Crippen LogP) is 1.69. The summed E-state index contributed by atoms with van der Waals surface area (Å²) in [6.07, 6.45) is 4.94. The average Bonchev–Trinajstić information content (AvgIpc) is 3.14. The highest BCUT2D eigenvalue weighted by Crippen LogP contribution is 2.37. The molecular formula is C15H21N5O2S. The summed E-state index contributed by atoms with van der Waals surface area (Å²) in [5.74, 6) is 0.740. The van der Waals surface area contributed by atoms with Gasteiger partial charge in [0.15, 0.2) is 0 Å². The number of aryl methyl sites for hydroxylation is 2. The van der Waals surface area contributed by atoms with Crippen molar-refractivity contribution in [1.29, 1.82) is 0 Å². The molecule has 0 radical (unpaired) electrons. The molecule has 1 aliphatic heterocycles. The number of nitrogens with one attached hydrogen (secondary N) is 1. The fraction of sp³-hybridized carbons (Fsp3) is 0.467. The minimum atomic E-state index is -3.56. The average molecular weight is 335 g/mol. The molecule has 1 saturated heterocycles. The van der Waals surface area contributed by atoms with Crippen molar-refractivity contribution in [3.63, 3.8) is 0 Å². The molecule has 3 rings (SSSR count). The molecule has 2 aromatic heterocycles. The second kappa shape index (κ2) is 5.93. The van der Waals surface area contributed by atoms with Gasteiger partial charge < -0.3 is 5.32 Å². The Labute approximate surface area is 136 Å². The molecule has 8 heteroatoms. The van der Waals surface area contributed by atoms with Gasteiger partial charge in [-0.1, -0.05) is 0 Å². The quantitative estimate of drug-likeness (QED) is 0.920. The molecule has 23 heavy (non-hydrogen) atoms. The van der Waals surface area contributed by atoms with E-state index in [1.807, 2.05) is 12.1 Å². The van der Waals surface area contributed by atoms with Crippen LogP contribution in [0, 0.1) is 6.92 Å². The molecule has 3 heterocycles. The Kier molecular flexibility index (Phi) is 4.11. The highest BCUT2D eigenvalue weighted by atomic mass is 32.2. The fourth-order valence-electron chi connectivity index (χ4n) is 3.11. The highest BCUT2D eigenvalue weighted by molar-refractivity contribution is 7.89. The number of pyridine rings is 1. The molecule has 1 fully saturated rings. The van der Waals surface area contributed by atoms with Crippen molar-refractivity contribution in [2.24, 2.45) is 7.05 Å². The standard InChI is InChI=1S/C15H21N5O2S/c1-11-14(10-19(3)18-11)23(21,22)20-8-4-5-13(20)12-6-7-17-15(9-12)16-2/h6-7,9-10,13H,4-5,8H2,1-3H3,(H,16,17)/t13-/m0/s1. The highest BCUT2D eigenvalue weighted by Gasteiger charge is 2.37. The number of anilines is 1. The van der Waals surface area contributed by atoms with E-state index in [4.69, 9.17) is 0 Å². The maximum Gasteiger partial charge on any atom is 0.247 e. The molecule has 2 aromatic rings. The van der Waals surface area contributed by atoms with E-state index in [-0.39, 0.29) is 10.9 Å². The zero-order valence-electron chi connectivity index (χ0n) is 13.5. The summed E-state index contributed by atoms with van der Waals surface area (Å²) >= 11 is 0. The molecule has 1 atom stereocenters. The van der Waals surface area contributed by atoms with Crippen molar-refractivity contribution in [1.82, 2.24) is 19.1 Å². The lowest BCUT2D eigenvalue weighted by Crippen LogP contribution is -2.31. The zero-order valence-corrected chi connectivity index (χ0v) is 14.3. The maximum atomic E-state index is 13.0. The Morgan fingerprint density at radius 2 is 2.17 bits per heavy atom. The Hall–Kier alpha value is -1.93. The lowest BCUT2D eigenvalue weighted by atomic mass is 10.1. The summed E-state index contributed by atoms with van der Waals surface area (Å²) in [5, 5.41) is 7.16. The van der Waals surface area contributed by atoms with Gasteiger partial charge in [-0.2, -0.15) is 9.40 Å². The first-order valence-electron chi connectivity index (χ1n) is 7.59. The molecule has 1 aliphatic rings. The van der Waals surface area contributed by atoms with E-state index in [0.29, 0.717) is 12.2 Å². The van der Waals surface area contributed by atoms with Crippen molar-refractivity contribution >= 4 is 15.8 Å². The minimum Gasteiger partial charge on any atom is -0.373 e. The topological polar surface area (TPSA) is 80.1 Å². The molecular weight excluding hydrogens is 314 g/mol. The Balaban J connectivity index is 1.99. The normalized spacial score (nSPS) is 19.2. The first kappa shape index (κ1) is 15.9. The summed E-state index contributed by atoms with van der Waals surface area (Å²) in [6.45, 7) is 2.25. The summed E-state index contributed by atoms with van der Waals surface area (Å²) in [5.41, 5.74) is 1.50. The van der Waals surface area contributed by atoms with Crippen LogP contribution in [0.4, 0.5) is 5.82 Å². The lowest BCUT2D eigenvalue weighted by Gasteiger charge is -2.24. The molecule has 0 spiro atoms. The van der Waals surface area contributed by atoms with Gasteiger partial charge in [-0.15, -0.1) is 0 Å². The summed E-state index contributed by atoms with van der Waals surface area (Å²) in [4.78, 5) is 4.49. The van der Waals surface area contributed by atoms with Crippen LogP contribution >= 0.6 is 0 Å². The van der Waals surface area contributed by atoms with Crippen LogP contribution in [-0.2, 0) is 17.1 Å². The van der Waals surface area contributed by atoms with Crippen molar-refractivity contribution in [3.8, 4) is 0 Å². The Morgan fingerprint density at radius 3 is 2.83 bits per heavy atom. The first-order valence-corrected chi connectivity index (χ1v) is 9.03. The molecule has 0 bridgehead atoms. The van der Waals surface area contributed by atoms with E-state index in [9.17, 15) is 8.42 Å². The summed E-state index contributed by atoms with van der Waals surface area (Å²) < 4.78 is 29.2. The molecule has 0 aromatic carbocycles. The zero-order chi connectivity index (χ0) is 16.6. The van der Waals surface area contributed by atoms with Gasteiger partial charge in [0, 0.05) is 33.0 Å². The third-order valence-corrected chi connectivity index (χ3v) is 6.19. The smallest absolute Gasteiger partial charge is 0.247 e. The van der Waals surface area contributed by atoms with Crippen LogP contribution in [0.25, 0.3) is 0 Å². The van der Waals surface area contributed by atoms with Gasteiger partial charge in [-0.25, -0.2) is 13.4 Å². The Morgan fingerprint density at radius 1 is 1.39 bits per heavy atom. The summed E-state index contributed by atoms with van der Waals surface area (Å²) in [6, 6.07) is 3.64. The third-order valence-electron chi connectivity index (χ3n) is 4.18. The van der Waals surface area contributed by atoms with Crippen molar-refractivity contribution in [2.75, 3.05) is 18.9 Å². The van der Waals surface area contributed by atoms with E-state index in [2.05, 4.69) is 15.4 Å². The van der Waals surface area contributed by atoms with Crippen molar-refractivity contribution in [2.45, 2.75) is 30.7 Å². The second-order valence-electron chi connectivity index (χ2n) is 5.75. The fourth-order valence-corrected chi connectivity index (χ4v) is 4.99. The van der Waals surface area contributed by atoms with Gasteiger partial charge in [0.25, 0.3) is 0 Å². The van der Waals surface area contributed by atoms with Gasteiger partial charge >= 0.3 is 0 Å². The molecule has 1 N–H and O–H groups in total. The molecule has 7 nitrogen and oxygen atoms in total. The van der Waals surface area contributed by atoms with E-state index in [1.54, 1.807) is 42.4 Å². The number of sulfonamides is 1. The molecule has 0 amide bonds. The van der Waals surface area contributed by atoms with Crippen molar-refractivity contribution in [3.05, 3.63) is 35.8 Å². The second-order valence-corrected chi connectivity index (χ2v) is 7.61. The van der Waals surface area contributed by atoms with E-state index >= 15 is 0 Å². The first-order chi connectivity index (χ1) is 10.9. The van der Waals surface area contributed by atoms with E-state index in [0.717, 1.165) is 24.2 Å². The SMILES string of the molecule is CNc1cc([C@@H]2CCCN2S(=O)(=O)c2cn(C)nc2C)ccn1. The predicted molar refractivity (Wildman–Crippen MR) is 87.6 cm³/mol. The number of nitrogens with zero attached hydrogens (tertiary/aromatic N) is 4. The van der Waals surface area contributed by atoms with Crippen molar-refractivity contribution < 1.29 is 8.42 Å². The number of rotatable bonds is 4. The van der Waals surface area contributed by atoms with Crippen LogP contribution in [0.15, 0.2) is 29.4 Å². The van der Waals surface area contributed by atoms with Crippen LogP contribution in [0.1, 0.15) is 30.1 Å². The van der Waals surface area contributed by atoms with E-state index < -0.39 is 10.0 Å². The largest absolute Gasteiger partial charge is 0.373 e. The van der Waals surface area contributed by atoms with Gasteiger partial charge in [0.1, 0.15) is 10.7 Å². The number of hydrogen-bond acceptors (Lipinski definition) is 5. The minimum absolute atomic E-state index is 0.158. The third kappa shape index (κ3) is 2.84. The molecule has 0 saturated carbocycles. The van der Waals surface area contributed by atoms with E-state index in [1.165, 1.54) is 0 Å². The van der Waals surface area contributed by atoms with Crippen LogP contribution in [0.2, 0.25) is 0 Å². The van der Waals surface area contributed by atoms with Gasteiger partial charge in [0.05, 0.1) is 11.7 Å². The number of aromatic nitrogens is 3. The van der Waals surface area contributed by atoms with Crippen LogP contribution < -0.4 is 5.32 Å². The maximum absolute atomic E-state index is 13.0. The molecule has 124 valence electrons. The van der Waals surface area contributed by atoms with Gasteiger partial charge in [-0.05, 0) is 37.5 Å². The molecule has 0 aliphatic carbocycles.